The fraction of sp³-hybridized carbons (Fsp3) is 0.286. The smallest absolute Gasteiger partial charge is 0.418 e. The van der Waals surface area contributed by atoms with E-state index in [1.807, 2.05) is 0 Å². The number of aromatic nitrogens is 5. The number of benzene rings is 2. The van der Waals surface area contributed by atoms with Crippen LogP contribution >= 0.6 is 36.2 Å². The molecule has 0 fully saturated rings. The van der Waals surface area contributed by atoms with Crippen LogP contribution in [0.3, 0.4) is 0 Å². The summed E-state index contributed by atoms with van der Waals surface area (Å²) in [5.74, 6) is -2.64. The lowest BCUT2D eigenvalue weighted by Crippen LogP contribution is -3.00. The molecule has 0 aliphatic heterocycles. The van der Waals surface area contributed by atoms with Crippen molar-refractivity contribution in [2.24, 2.45) is 0 Å². The van der Waals surface area contributed by atoms with E-state index in [-0.39, 0.29) is 68.3 Å². The number of likely N-dealkylation sites (N-methyl/N-ethyl adjacent to an activating group) is 1. The predicted octanol–water partition coefficient (Wildman–Crippen LogP) is 2.43. The van der Waals surface area contributed by atoms with Gasteiger partial charge in [-0.1, -0.05) is 25.1 Å². The monoisotopic (exact) mass is 824 g/mol. The van der Waals surface area contributed by atoms with Crippen molar-refractivity contribution in [3.8, 4) is 17.3 Å². The number of hydrogen-bond acceptors (Lipinski definition) is 11. The molecule has 3 aromatic heterocycles. The quantitative estimate of drug-likeness (QED) is 0.134. The Hall–Kier alpha value is -4.76. The van der Waals surface area contributed by atoms with Gasteiger partial charge in [-0.3, -0.25) is 9.69 Å². The Morgan fingerprint density at radius 3 is 2.57 bits per heavy atom. The van der Waals surface area contributed by atoms with Gasteiger partial charge in [0.05, 0.1) is 28.9 Å². The molecule has 2 N–H and O–H groups in total. The molecule has 3 heterocycles. The van der Waals surface area contributed by atoms with E-state index < -0.39 is 41.4 Å². The first-order valence-electron chi connectivity index (χ1n) is 15.7. The molecule has 5 aromatic rings. The highest BCUT2D eigenvalue weighted by atomic mass is 35.5. The van der Waals surface area contributed by atoms with Crippen LogP contribution in [0.5, 0.6) is 0 Å². The first-order chi connectivity index (χ1) is 24.4. The van der Waals surface area contributed by atoms with Crippen LogP contribution < -0.4 is 27.2 Å². The largest absolute Gasteiger partial charge is 1.00 e. The van der Waals surface area contributed by atoms with Crippen molar-refractivity contribution in [2.45, 2.75) is 44.7 Å². The zero-order chi connectivity index (χ0) is 36.7. The maximum absolute atomic E-state index is 15.3. The second-order valence-corrected chi connectivity index (χ2v) is 12.5. The third-order valence-electron chi connectivity index (χ3n) is 8.18. The normalized spacial score (nSPS) is 12.7. The Kier molecular flexibility index (Phi) is 16.9. The first-order valence-corrected chi connectivity index (χ1v) is 16.6. The molecule has 0 aliphatic rings. The van der Waals surface area contributed by atoms with Gasteiger partial charge in [0, 0.05) is 53.3 Å². The van der Waals surface area contributed by atoms with Crippen LogP contribution in [0.25, 0.3) is 11.3 Å². The van der Waals surface area contributed by atoms with Gasteiger partial charge in [-0.15, -0.1) is 40.8 Å². The van der Waals surface area contributed by atoms with Crippen LogP contribution in [0, 0.1) is 23.0 Å². The summed E-state index contributed by atoms with van der Waals surface area (Å²) in [7, 11) is 3.08. The summed E-state index contributed by atoms with van der Waals surface area (Å²) in [6.45, 7) is 2.85. The number of aliphatic hydroxyl groups is 1. The molecule has 0 radical (unpaired) electrons. The predicted molar refractivity (Wildman–Crippen MR) is 195 cm³/mol. The molecule has 0 spiro atoms. The van der Waals surface area contributed by atoms with Gasteiger partial charge in [-0.25, -0.2) is 23.5 Å². The molecule has 5 rings (SSSR count). The number of nitriles is 1. The van der Waals surface area contributed by atoms with Crippen molar-refractivity contribution in [2.75, 3.05) is 25.5 Å². The fourth-order valence-electron chi connectivity index (χ4n) is 5.25. The highest BCUT2D eigenvalue weighted by Gasteiger charge is 2.43. The number of esters is 1. The number of carbonyl (C=O) groups excluding carboxylic acids is 2. The highest BCUT2D eigenvalue weighted by Crippen LogP contribution is 2.41. The Morgan fingerprint density at radius 2 is 1.89 bits per heavy atom. The molecule has 19 heteroatoms. The van der Waals surface area contributed by atoms with Gasteiger partial charge in [-0.2, -0.15) is 9.83 Å². The van der Waals surface area contributed by atoms with E-state index >= 15 is 4.39 Å². The number of pyridine rings is 1. The molecule has 2 aromatic carbocycles. The van der Waals surface area contributed by atoms with Crippen molar-refractivity contribution in [1.82, 2.24) is 25.1 Å². The first kappa shape index (κ1) is 45.4. The van der Waals surface area contributed by atoms with Crippen molar-refractivity contribution in [3.63, 3.8) is 0 Å². The van der Waals surface area contributed by atoms with Crippen LogP contribution in [-0.2, 0) is 33.0 Å². The Bertz CT molecular complexity index is 2070. The molecule has 0 saturated heterocycles. The molecular formula is C35H37Cl3F2N8O5S. The molecule has 13 nitrogen and oxygen atoms in total. The van der Waals surface area contributed by atoms with Crippen LogP contribution in [0.15, 0.2) is 78.8 Å². The lowest BCUT2D eigenvalue weighted by Gasteiger charge is -2.32. The zero-order valence-electron chi connectivity index (χ0n) is 29.4. The summed E-state index contributed by atoms with van der Waals surface area (Å²) >= 11 is 1.25. The number of rotatable bonds is 13. The Balaban J connectivity index is 0.00000336. The van der Waals surface area contributed by atoms with E-state index in [1.165, 1.54) is 51.4 Å². The molecule has 0 aliphatic carbocycles. The third kappa shape index (κ3) is 10.5. The molecule has 0 saturated carbocycles. The van der Waals surface area contributed by atoms with Crippen molar-refractivity contribution in [1.29, 1.82) is 5.26 Å². The minimum absolute atomic E-state index is 0. The number of thiazole rings is 1. The molecule has 288 valence electrons. The van der Waals surface area contributed by atoms with E-state index in [9.17, 15) is 19.1 Å². The maximum Gasteiger partial charge on any atom is 0.418 e. The second kappa shape index (κ2) is 20.1. The number of carbonyl (C=O) groups is 2. The number of halogens is 5. The molecule has 1 unspecified atom stereocenters. The number of nitrogens with zero attached hydrogens (tertiary/aromatic N) is 7. The van der Waals surface area contributed by atoms with E-state index in [1.54, 1.807) is 62.7 Å². The minimum Gasteiger partial charge on any atom is -1.00 e. The SMILES string of the molecule is CNCC(=O)OCc1cccnc1N(C)C(=O)OC(C)[n+]1cnn(C[C@](O)(c2cc(F)ccc2F)[C@@H](C)c2nc(-c3ccc(C#N)cc3)cs2)c1.Cl.Cl.[Cl-]. The van der Waals surface area contributed by atoms with Gasteiger partial charge in [0.2, 0.25) is 12.6 Å². The second-order valence-electron chi connectivity index (χ2n) is 11.6. The van der Waals surface area contributed by atoms with Gasteiger partial charge in [0.25, 0.3) is 6.33 Å². The van der Waals surface area contributed by atoms with Crippen LogP contribution in [-0.4, -0.2) is 57.6 Å². The fourth-order valence-corrected chi connectivity index (χ4v) is 6.22. The van der Waals surface area contributed by atoms with E-state index in [0.29, 0.717) is 21.8 Å². The molecule has 54 heavy (non-hydrogen) atoms. The summed E-state index contributed by atoms with van der Waals surface area (Å²) < 4.78 is 43.5. The van der Waals surface area contributed by atoms with Gasteiger partial charge >= 0.3 is 12.1 Å². The molecule has 1 amide bonds. The lowest BCUT2D eigenvalue weighted by atomic mass is 9.82. The standard InChI is InChI=1S/C35H35F2N8O5S.3ClH/c1-22(33-42-30(18-51-33)25-9-7-24(15-38)8-10-25)35(48,28-14-27(36)11-12-29(28)37)19-45-21-44(20-41-45)23(2)50-34(47)43(4)32-26(6-5-13-40-32)17-49-31(46)16-39-3;;;/h5-14,18,20-23,39,48H,16-17,19H2,1-4H3;3*1H/q+1;;;/p-1/t22-,23?,35+;;;/m0.../s1. The maximum atomic E-state index is 15.3. The van der Waals surface area contributed by atoms with E-state index in [0.717, 1.165) is 23.8 Å². The Labute approximate surface area is 332 Å². The van der Waals surface area contributed by atoms with Crippen LogP contribution in [0.2, 0.25) is 0 Å². The van der Waals surface area contributed by atoms with Gasteiger partial charge in [-0.05, 0) is 43.4 Å². The number of nitrogens with one attached hydrogen (secondary N) is 1. The number of ether oxygens (including phenoxy) is 2. The zero-order valence-corrected chi connectivity index (χ0v) is 32.6. The summed E-state index contributed by atoms with van der Waals surface area (Å²) in [5, 5.41) is 30.6. The summed E-state index contributed by atoms with van der Waals surface area (Å²) in [5.41, 5.74) is 0.000750. The number of hydrogen-bond donors (Lipinski definition) is 2. The molecule has 0 bridgehead atoms. The van der Waals surface area contributed by atoms with Crippen molar-refractivity contribution >= 4 is 54.0 Å². The number of anilines is 1. The average Bonchev–Trinajstić information content (AvgIpc) is 3.82. The topological polar surface area (TPSA) is 159 Å². The highest BCUT2D eigenvalue weighted by molar-refractivity contribution is 7.10. The molecular weight excluding hydrogens is 789 g/mol. The number of amides is 1. The third-order valence-corrected chi connectivity index (χ3v) is 9.20. The van der Waals surface area contributed by atoms with Crippen LogP contribution in [0.1, 0.15) is 47.7 Å². The van der Waals surface area contributed by atoms with E-state index in [2.05, 4.69) is 21.5 Å². The Morgan fingerprint density at radius 1 is 1.17 bits per heavy atom. The summed E-state index contributed by atoms with van der Waals surface area (Å²) in [4.78, 5) is 35.1. The van der Waals surface area contributed by atoms with Crippen molar-refractivity contribution in [3.05, 3.63) is 112 Å². The van der Waals surface area contributed by atoms with Gasteiger partial charge in [0.1, 0.15) is 36.2 Å². The van der Waals surface area contributed by atoms with E-state index in [4.69, 9.17) is 19.7 Å². The minimum atomic E-state index is -2.04. The van der Waals surface area contributed by atoms with Gasteiger partial charge < -0.3 is 32.3 Å². The van der Waals surface area contributed by atoms with Crippen molar-refractivity contribution < 1.29 is 49.9 Å². The average molecular weight is 826 g/mol. The molecule has 3 atom stereocenters. The van der Waals surface area contributed by atoms with Crippen LogP contribution in [0.4, 0.5) is 19.4 Å². The van der Waals surface area contributed by atoms with Gasteiger partial charge in [0.15, 0.2) is 0 Å². The summed E-state index contributed by atoms with van der Waals surface area (Å²) in [6, 6.07) is 15.1. The summed E-state index contributed by atoms with van der Waals surface area (Å²) in [6.07, 6.45) is 2.65. The lowest BCUT2D eigenvalue weighted by molar-refractivity contribution is -0.753.